The molecule has 0 aliphatic rings. The maximum atomic E-state index is 11.2. The first kappa shape index (κ1) is 10.4. The molecule has 2 aromatic heterocycles. The molecule has 0 spiro atoms. The minimum atomic E-state index is -0.126. The number of nitrogens with one attached hydrogen (secondary N) is 1. The molecule has 4 heteroatoms. The van der Waals surface area contributed by atoms with Gasteiger partial charge in [0.2, 0.25) is 5.56 Å². The molecule has 1 N–H and O–H groups in total. The number of hydrogen-bond acceptors (Lipinski definition) is 3. The summed E-state index contributed by atoms with van der Waals surface area (Å²) >= 11 is 0. The van der Waals surface area contributed by atoms with Gasteiger partial charge < -0.3 is 9.72 Å². The summed E-state index contributed by atoms with van der Waals surface area (Å²) in [6, 6.07) is 6.86. The van der Waals surface area contributed by atoms with Gasteiger partial charge in [-0.15, -0.1) is 0 Å². The van der Waals surface area contributed by atoms with Crippen LogP contribution in [-0.4, -0.2) is 16.6 Å². The van der Waals surface area contributed by atoms with Crippen LogP contribution in [0.5, 0.6) is 5.75 Å². The van der Waals surface area contributed by atoms with E-state index in [1.807, 2.05) is 19.1 Å². The molecule has 0 saturated carbocycles. The average molecular weight is 216 g/mol. The number of aromatic nitrogens is 2. The molecule has 82 valence electrons. The Labute approximate surface area is 92.9 Å². The molecule has 0 bridgehead atoms. The lowest BCUT2D eigenvalue weighted by molar-refractivity contribution is 0.339. The molecular formula is C12H12N2O2. The molecule has 0 unspecified atom stereocenters. The molecule has 4 nitrogen and oxygen atoms in total. The van der Waals surface area contributed by atoms with Crippen molar-refractivity contribution in [1.29, 1.82) is 0 Å². The van der Waals surface area contributed by atoms with Crippen molar-refractivity contribution in [1.82, 2.24) is 9.97 Å². The summed E-state index contributed by atoms with van der Waals surface area (Å²) in [6.45, 7) is 2.51. The maximum absolute atomic E-state index is 11.2. The van der Waals surface area contributed by atoms with Crippen molar-refractivity contribution in [2.24, 2.45) is 0 Å². The van der Waals surface area contributed by atoms with Crippen LogP contribution >= 0.6 is 0 Å². The van der Waals surface area contributed by atoms with Crippen LogP contribution < -0.4 is 10.3 Å². The minimum absolute atomic E-state index is 0.126. The third-order valence-corrected chi connectivity index (χ3v) is 2.10. The van der Waals surface area contributed by atoms with Crippen molar-refractivity contribution < 1.29 is 4.74 Å². The monoisotopic (exact) mass is 216 g/mol. The van der Waals surface area contributed by atoms with Gasteiger partial charge in [-0.2, -0.15) is 0 Å². The van der Waals surface area contributed by atoms with Gasteiger partial charge >= 0.3 is 0 Å². The second-order valence-corrected chi connectivity index (χ2v) is 3.27. The highest BCUT2D eigenvalue weighted by Crippen LogP contribution is 2.19. The van der Waals surface area contributed by atoms with E-state index in [9.17, 15) is 4.79 Å². The number of ether oxygens (including phenoxy) is 1. The Morgan fingerprint density at radius 1 is 1.38 bits per heavy atom. The summed E-state index contributed by atoms with van der Waals surface area (Å²) in [4.78, 5) is 18.0. The summed E-state index contributed by atoms with van der Waals surface area (Å²) < 4.78 is 5.34. The standard InChI is InChI=1S/C12H12N2O2/c1-2-16-10-6-9(7-13-8-10)11-4-3-5-12(15)14-11/h3-8H,2H2,1H3,(H,14,15). The smallest absolute Gasteiger partial charge is 0.248 e. The highest BCUT2D eigenvalue weighted by atomic mass is 16.5. The van der Waals surface area contributed by atoms with E-state index < -0.39 is 0 Å². The molecule has 0 saturated heterocycles. The molecule has 2 aromatic rings. The van der Waals surface area contributed by atoms with E-state index >= 15 is 0 Å². The van der Waals surface area contributed by atoms with Gasteiger partial charge in [-0.25, -0.2) is 0 Å². The Morgan fingerprint density at radius 2 is 2.25 bits per heavy atom. The highest BCUT2D eigenvalue weighted by Gasteiger charge is 2.00. The van der Waals surface area contributed by atoms with Crippen molar-refractivity contribution in [3.8, 4) is 17.0 Å². The Morgan fingerprint density at radius 3 is 3.00 bits per heavy atom. The quantitative estimate of drug-likeness (QED) is 0.851. The van der Waals surface area contributed by atoms with E-state index in [4.69, 9.17) is 4.74 Å². The molecule has 0 aliphatic heterocycles. The van der Waals surface area contributed by atoms with Gasteiger partial charge in [0.05, 0.1) is 12.8 Å². The topological polar surface area (TPSA) is 55.0 Å². The van der Waals surface area contributed by atoms with Crippen LogP contribution in [0.1, 0.15) is 6.92 Å². The van der Waals surface area contributed by atoms with Gasteiger partial charge in [0, 0.05) is 23.5 Å². The van der Waals surface area contributed by atoms with Gasteiger partial charge in [0.25, 0.3) is 0 Å². The zero-order valence-corrected chi connectivity index (χ0v) is 8.93. The zero-order valence-electron chi connectivity index (χ0n) is 8.93. The number of aromatic amines is 1. The van der Waals surface area contributed by atoms with Crippen LogP contribution in [0.4, 0.5) is 0 Å². The molecule has 0 aromatic carbocycles. The maximum Gasteiger partial charge on any atom is 0.248 e. The van der Waals surface area contributed by atoms with E-state index in [1.165, 1.54) is 6.07 Å². The van der Waals surface area contributed by atoms with Crippen LogP contribution in [0, 0.1) is 0 Å². The minimum Gasteiger partial charge on any atom is -0.492 e. The lowest BCUT2D eigenvalue weighted by Gasteiger charge is -2.05. The second kappa shape index (κ2) is 4.61. The molecule has 2 rings (SSSR count). The molecule has 0 fully saturated rings. The third kappa shape index (κ3) is 2.28. The summed E-state index contributed by atoms with van der Waals surface area (Å²) in [5.41, 5.74) is 1.45. The van der Waals surface area contributed by atoms with Gasteiger partial charge in [-0.05, 0) is 19.1 Å². The second-order valence-electron chi connectivity index (χ2n) is 3.27. The van der Waals surface area contributed by atoms with Gasteiger partial charge in [0.15, 0.2) is 0 Å². The molecular weight excluding hydrogens is 204 g/mol. The predicted molar refractivity (Wildman–Crippen MR) is 61.5 cm³/mol. The predicted octanol–water partition coefficient (Wildman–Crippen LogP) is 1.84. The van der Waals surface area contributed by atoms with Crippen molar-refractivity contribution in [3.05, 3.63) is 47.0 Å². The Kier molecular flexibility index (Phi) is 3.00. The van der Waals surface area contributed by atoms with Gasteiger partial charge in [-0.3, -0.25) is 9.78 Å². The Balaban J connectivity index is 2.40. The van der Waals surface area contributed by atoms with E-state index in [-0.39, 0.29) is 5.56 Å². The molecule has 2 heterocycles. The van der Waals surface area contributed by atoms with Crippen LogP contribution in [0.15, 0.2) is 41.5 Å². The molecule has 0 atom stereocenters. The van der Waals surface area contributed by atoms with Gasteiger partial charge in [0.1, 0.15) is 5.75 Å². The summed E-state index contributed by atoms with van der Waals surface area (Å²) in [6.07, 6.45) is 3.34. The largest absolute Gasteiger partial charge is 0.492 e. The molecule has 0 amide bonds. The fraction of sp³-hybridized carbons (Fsp3) is 0.167. The number of hydrogen-bond donors (Lipinski definition) is 1. The fourth-order valence-electron chi connectivity index (χ4n) is 1.43. The number of pyridine rings is 2. The van der Waals surface area contributed by atoms with Crippen molar-refractivity contribution >= 4 is 0 Å². The van der Waals surface area contributed by atoms with Crippen LogP contribution in [-0.2, 0) is 0 Å². The van der Waals surface area contributed by atoms with Crippen LogP contribution in [0.2, 0.25) is 0 Å². The Bertz CT molecular complexity index is 534. The van der Waals surface area contributed by atoms with Crippen molar-refractivity contribution in [2.45, 2.75) is 6.92 Å². The molecule has 16 heavy (non-hydrogen) atoms. The number of H-pyrrole nitrogens is 1. The first-order chi connectivity index (χ1) is 7.79. The SMILES string of the molecule is CCOc1cncc(-c2cccc(=O)[nH]2)c1. The summed E-state index contributed by atoms with van der Waals surface area (Å²) in [5, 5.41) is 0. The van der Waals surface area contributed by atoms with Crippen LogP contribution in [0.3, 0.4) is 0 Å². The third-order valence-electron chi connectivity index (χ3n) is 2.10. The average Bonchev–Trinajstić information content (AvgIpc) is 2.30. The van der Waals surface area contributed by atoms with E-state index in [0.717, 1.165) is 11.3 Å². The summed E-state index contributed by atoms with van der Waals surface area (Å²) in [7, 11) is 0. The number of rotatable bonds is 3. The van der Waals surface area contributed by atoms with E-state index in [2.05, 4.69) is 9.97 Å². The first-order valence-electron chi connectivity index (χ1n) is 5.07. The lowest BCUT2D eigenvalue weighted by atomic mass is 10.2. The van der Waals surface area contributed by atoms with Gasteiger partial charge in [-0.1, -0.05) is 6.07 Å². The van der Waals surface area contributed by atoms with Crippen molar-refractivity contribution in [2.75, 3.05) is 6.61 Å². The molecule has 0 aliphatic carbocycles. The summed E-state index contributed by atoms with van der Waals surface area (Å²) in [5.74, 6) is 0.699. The zero-order chi connectivity index (χ0) is 11.4. The lowest BCUT2D eigenvalue weighted by Crippen LogP contribution is -2.03. The Hall–Kier alpha value is -2.10. The number of nitrogens with zero attached hydrogens (tertiary/aromatic N) is 1. The first-order valence-corrected chi connectivity index (χ1v) is 5.07. The highest BCUT2D eigenvalue weighted by molar-refractivity contribution is 5.59. The normalized spacial score (nSPS) is 10.1. The molecule has 0 radical (unpaired) electrons. The fourth-order valence-corrected chi connectivity index (χ4v) is 1.43. The van der Waals surface area contributed by atoms with Crippen molar-refractivity contribution in [3.63, 3.8) is 0 Å². The van der Waals surface area contributed by atoms with E-state index in [0.29, 0.717) is 12.4 Å². The van der Waals surface area contributed by atoms with E-state index in [1.54, 1.807) is 18.5 Å². The van der Waals surface area contributed by atoms with Crippen LogP contribution in [0.25, 0.3) is 11.3 Å².